The molecule has 0 aliphatic carbocycles. The first-order valence-corrected chi connectivity index (χ1v) is 6.50. The Morgan fingerprint density at radius 2 is 2.41 bits per heavy atom. The molecule has 2 heterocycles. The number of aromatic amines is 1. The van der Waals surface area contributed by atoms with Crippen LogP contribution in [0.5, 0.6) is 0 Å². The Labute approximate surface area is 107 Å². The van der Waals surface area contributed by atoms with Crippen LogP contribution in [0.25, 0.3) is 11.0 Å². The summed E-state index contributed by atoms with van der Waals surface area (Å²) in [5, 5.41) is 0. The van der Waals surface area contributed by atoms with Gasteiger partial charge in [0, 0.05) is 23.5 Å². The summed E-state index contributed by atoms with van der Waals surface area (Å²) in [6.07, 6.45) is 1.03. The molecule has 0 bridgehead atoms. The summed E-state index contributed by atoms with van der Waals surface area (Å²) in [6, 6.07) is 5.80. The molecule has 0 radical (unpaired) electrons. The van der Waals surface area contributed by atoms with Crippen LogP contribution < -0.4 is 5.69 Å². The first kappa shape index (κ1) is 11.0. The van der Waals surface area contributed by atoms with Crippen LogP contribution in [-0.2, 0) is 11.3 Å². The van der Waals surface area contributed by atoms with Crippen molar-refractivity contribution in [2.24, 2.45) is 5.92 Å². The molecule has 90 valence electrons. The zero-order valence-electron chi connectivity index (χ0n) is 9.28. The molecule has 0 amide bonds. The van der Waals surface area contributed by atoms with E-state index in [-0.39, 0.29) is 5.69 Å². The first-order valence-electron chi connectivity index (χ1n) is 5.70. The molecule has 1 aliphatic heterocycles. The fourth-order valence-electron chi connectivity index (χ4n) is 2.33. The molecule has 1 aliphatic rings. The van der Waals surface area contributed by atoms with Crippen molar-refractivity contribution in [1.29, 1.82) is 0 Å². The number of rotatable bonds is 2. The van der Waals surface area contributed by atoms with Gasteiger partial charge in [-0.3, -0.25) is 4.57 Å². The van der Waals surface area contributed by atoms with Gasteiger partial charge in [-0.25, -0.2) is 4.79 Å². The van der Waals surface area contributed by atoms with E-state index in [9.17, 15) is 4.79 Å². The van der Waals surface area contributed by atoms with Gasteiger partial charge in [0.15, 0.2) is 0 Å². The number of hydrogen-bond donors (Lipinski definition) is 1. The highest BCUT2D eigenvalue weighted by atomic mass is 79.9. The SMILES string of the molecule is O=c1[nH]c2cccc(Br)c2n1CC1CCOC1. The van der Waals surface area contributed by atoms with E-state index in [4.69, 9.17) is 4.74 Å². The van der Waals surface area contributed by atoms with Crippen molar-refractivity contribution in [3.05, 3.63) is 33.2 Å². The van der Waals surface area contributed by atoms with Crippen LogP contribution >= 0.6 is 15.9 Å². The standard InChI is InChI=1S/C12H13BrN2O2/c13-9-2-1-3-10-11(9)15(12(16)14-10)6-8-4-5-17-7-8/h1-3,8H,4-7H2,(H,14,16). The summed E-state index contributed by atoms with van der Waals surface area (Å²) in [4.78, 5) is 14.8. The van der Waals surface area contributed by atoms with Crippen molar-refractivity contribution in [3.63, 3.8) is 0 Å². The molecule has 0 spiro atoms. The van der Waals surface area contributed by atoms with E-state index in [1.807, 2.05) is 18.2 Å². The fraction of sp³-hybridized carbons (Fsp3) is 0.417. The summed E-state index contributed by atoms with van der Waals surface area (Å²) < 4.78 is 8.11. The lowest BCUT2D eigenvalue weighted by atomic mass is 10.1. The number of halogens is 1. The summed E-state index contributed by atoms with van der Waals surface area (Å²) in [6.45, 7) is 2.29. The Morgan fingerprint density at radius 3 is 3.18 bits per heavy atom. The molecule has 5 heteroatoms. The number of aromatic nitrogens is 2. The fourth-order valence-corrected chi connectivity index (χ4v) is 2.91. The Morgan fingerprint density at radius 1 is 1.53 bits per heavy atom. The monoisotopic (exact) mass is 296 g/mol. The van der Waals surface area contributed by atoms with Crippen molar-refractivity contribution in [2.75, 3.05) is 13.2 Å². The van der Waals surface area contributed by atoms with Gasteiger partial charge in [0.25, 0.3) is 0 Å². The minimum absolute atomic E-state index is 0.0428. The Hall–Kier alpha value is -1.07. The van der Waals surface area contributed by atoms with Crippen LogP contribution in [0.2, 0.25) is 0 Å². The zero-order valence-corrected chi connectivity index (χ0v) is 10.9. The van der Waals surface area contributed by atoms with E-state index in [1.54, 1.807) is 4.57 Å². The minimum Gasteiger partial charge on any atom is -0.381 e. The number of nitrogens with one attached hydrogen (secondary N) is 1. The number of H-pyrrole nitrogens is 1. The average Bonchev–Trinajstić information content (AvgIpc) is 2.89. The largest absolute Gasteiger partial charge is 0.381 e. The van der Waals surface area contributed by atoms with Gasteiger partial charge < -0.3 is 9.72 Å². The van der Waals surface area contributed by atoms with Crippen LogP contribution in [0.1, 0.15) is 6.42 Å². The van der Waals surface area contributed by atoms with Gasteiger partial charge in [-0.1, -0.05) is 6.07 Å². The Bertz CT molecular complexity index is 596. The molecule has 1 aromatic carbocycles. The maximum Gasteiger partial charge on any atom is 0.326 e. The third-order valence-corrected chi connectivity index (χ3v) is 3.85. The molecular formula is C12H13BrN2O2. The lowest BCUT2D eigenvalue weighted by molar-refractivity contribution is 0.182. The predicted molar refractivity (Wildman–Crippen MR) is 69.2 cm³/mol. The lowest BCUT2D eigenvalue weighted by Gasteiger charge is -2.09. The predicted octanol–water partition coefficient (Wildman–Crippen LogP) is 2.13. The minimum atomic E-state index is -0.0428. The van der Waals surface area contributed by atoms with Crippen molar-refractivity contribution in [3.8, 4) is 0 Å². The van der Waals surface area contributed by atoms with Crippen molar-refractivity contribution < 1.29 is 4.74 Å². The normalized spacial score (nSPS) is 20.2. The molecule has 1 unspecified atom stereocenters. The van der Waals surface area contributed by atoms with Crippen molar-refractivity contribution >= 4 is 27.0 Å². The summed E-state index contributed by atoms with van der Waals surface area (Å²) in [7, 11) is 0. The molecule has 0 saturated carbocycles. The summed E-state index contributed by atoms with van der Waals surface area (Å²) in [5.41, 5.74) is 1.78. The Kier molecular flexibility index (Phi) is 2.80. The third-order valence-electron chi connectivity index (χ3n) is 3.21. The van der Waals surface area contributed by atoms with E-state index < -0.39 is 0 Å². The Balaban J connectivity index is 2.08. The number of benzene rings is 1. The van der Waals surface area contributed by atoms with Crippen molar-refractivity contribution in [1.82, 2.24) is 9.55 Å². The number of ether oxygens (including phenoxy) is 1. The van der Waals surface area contributed by atoms with Crippen molar-refractivity contribution in [2.45, 2.75) is 13.0 Å². The molecule has 17 heavy (non-hydrogen) atoms. The number of imidazole rings is 1. The molecule has 2 aromatic rings. The second-order valence-corrected chi connectivity index (χ2v) is 5.26. The molecule has 3 rings (SSSR count). The van der Waals surface area contributed by atoms with Gasteiger partial charge in [0.1, 0.15) is 0 Å². The molecule has 1 N–H and O–H groups in total. The van der Waals surface area contributed by atoms with Gasteiger partial charge >= 0.3 is 5.69 Å². The number of hydrogen-bond acceptors (Lipinski definition) is 2. The van der Waals surface area contributed by atoms with E-state index in [0.717, 1.165) is 41.7 Å². The summed E-state index contributed by atoms with van der Waals surface area (Å²) >= 11 is 3.50. The third kappa shape index (κ3) is 1.93. The van der Waals surface area contributed by atoms with E-state index >= 15 is 0 Å². The molecule has 1 fully saturated rings. The van der Waals surface area contributed by atoms with Gasteiger partial charge in [-0.15, -0.1) is 0 Å². The average molecular weight is 297 g/mol. The highest BCUT2D eigenvalue weighted by molar-refractivity contribution is 9.10. The van der Waals surface area contributed by atoms with E-state index in [0.29, 0.717) is 5.92 Å². The molecule has 1 saturated heterocycles. The number of fused-ring (bicyclic) bond motifs is 1. The molecule has 4 nitrogen and oxygen atoms in total. The van der Waals surface area contributed by atoms with E-state index in [1.165, 1.54) is 0 Å². The number of para-hydroxylation sites is 1. The van der Waals surface area contributed by atoms with Crippen LogP contribution in [0.15, 0.2) is 27.5 Å². The van der Waals surface area contributed by atoms with Crippen LogP contribution in [0.3, 0.4) is 0 Å². The molecular weight excluding hydrogens is 284 g/mol. The van der Waals surface area contributed by atoms with Crippen LogP contribution in [0, 0.1) is 5.92 Å². The topological polar surface area (TPSA) is 47.0 Å². The van der Waals surface area contributed by atoms with Gasteiger partial charge in [-0.2, -0.15) is 0 Å². The van der Waals surface area contributed by atoms with Crippen LogP contribution in [-0.4, -0.2) is 22.8 Å². The maximum atomic E-state index is 11.9. The molecule has 1 atom stereocenters. The highest BCUT2D eigenvalue weighted by Crippen LogP contribution is 2.23. The summed E-state index contributed by atoms with van der Waals surface area (Å²) in [5.74, 6) is 0.443. The van der Waals surface area contributed by atoms with Crippen LogP contribution in [0.4, 0.5) is 0 Å². The maximum absolute atomic E-state index is 11.9. The lowest BCUT2D eigenvalue weighted by Crippen LogP contribution is -2.21. The second-order valence-electron chi connectivity index (χ2n) is 4.41. The van der Waals surface area contributed by atoms with Gasteiger partial charge in [0.05, 0.1) is 17.6 Å². The van der Waals surface area contributed by atoms with Gasteiger partial charge in [-0.05, 0) is 34.5 Å². The van der Waals surface area contributed by atoms with Gasteiger partial charge in [0.2, 0.25) is 0 Å². The zero-order chi connectivity index (χ0) is 11.8. The smallest absolute Gasteiger partial charge is 0.326 e. The quantitative estimate of drug-likeness (QED) is 0.923. The van der Waals surface area contributed by atoms with E-state index in [2.05, 4.69) is 20.9 Å². The second kappa shape index (κ2) is 4.31. The number of nitrogens with zero attached hydrogens (tertiary/aromatic N) is 1. The molecule has 1 aromatic heterocycles. The first-order chi connectivity index (χ1) is 8.25. The highest BCUT2D eigenvalue weighted by Gasteiger charge is 2.19.